The van der Waals surface area contributed by atoms with Crippen molar-refractivity contribution in [1.29, 1.82) is 0 Å². The van der Waals surface area contributed by atoms with Gasteiger partial charge in [-0.1, -0.05) is 6.07 Å². The monoisotopic (exact) mass is 426 g/mol. The Bertz CT molecular complexity index is 947. The van der Waals surface area contributed by atoms with Crippen LogP contribution in [0.3, 0.4) is 0 Å². The van der Waals surface area contributed by atoms with Gasteiger partial charge in [-0.25, -0.2) is 9.78 Å². The maximum Gasteiger partial charge on any atom is 0.337 e. The molecule has 1 aromatic carbocycles. The average molecular weight is 426 g/mol. The van der Waals surface area contributed by atoms with Gasteiger partial charge in [-0.2, -0.15) is 0 Å². The SMILES string of the molecule is COC(=O)c1ccc(O[C@@H]2C[C@@H]3CN(C(=O)c4cccc(OC)n4)C[C@@H]3C[C@H]2O)cc1. The number of carbonyl (C=O) groups is 2. The molecule has 1 aliphatic carbocycles. The Morgan fingerprint density at radius 3 is 2.42 bits per heavy atom. The number of benzene rings is 1. The molecule has 1 amide bonds. The molecule has 1 aromatic heterocycles. The number of aliphatic hydroxyl groups excluding tert-OH is 1. The summed E-state index contributed by atoms with van der Waals surface area (Å²) in [5.41, 5.74) is 0.798. The van der Waals surface area contributed by atoms with Gasteiger partial charge in [0.2, 0.25) is 5.88 Å². The number of rotatable bonds is 5. The number of amides is 1. The normalized spacial score (nSPS) is 24.9. The van der Waals surface area contributed by atoms with Gasteiger partial charge in [0.1, 0.15) is 17.5 Å². The first-order chi connectivity index (χ1) is 15.0. The summed E-state index contributed by atoms with van der Waals surface area (Å²) < 4.78 is 15.8. The van der Waals surface area contributed by atoms with E-state index in [4.69, 9.17) is 14.2 Å². The van der Waals surface area contributed by atoms with Crippen molar-refractivity contribution < 1.29 is 28.9 Å². The number of hydrogen-bond acceptors (Lipinski definition) is 7. The van der Waals surface area contributed by atoms with E-state index in [1.807, 2.05) is 0 Å². The number of methoxy groups -OCH3 is 2. The second kappa shape index (κ2) is 8.93. The Labute approximate surface area is 180 Å². The molecule has 1 N–H and O–H groups in total. The van der Waals surface area contributed by atoms with E-state index in [2.05, 4.69) is 4.98 Å². The van der Waals surface area contributed by atoms with Crippen LogP contribution in [0.1, 0.15) is 33.7 Å². The fraction of sp³-hybridized carbons (Fsp3) is 0.435. The van der Waals surface area contributed by atoms with Crippen LogP contribution in [0.25, 0.3) is 0 Å². The highest BCUT2D eigenvalue weighted by Crippen LogP contribution is 2.38. The summed E-state index contributed by atoms with van der Waals surface area (Å²) in [5.74, 6) is 0.932. The number of pyridine rings is 1. The van der Waals surface area contributed by atoms with Gasteiger partial charge in [-0.15, -0.1) is 0 Å². The lowest BCUT2D eigenvalue weighted by atomic mass is 9.78. The molecule has 1 aliphatic heterocycles. The number of aliphatic hydroxyl groups is 1. The van der Waals surface area contributed by atoms with Crippen molar-refractivity contribution in [2.45, 2.75) is 25.0 Å². The molecule has 0 radical (unpaired) electrons. The standard InChI is InChI=1S/C23H26N2O6/c1-29-21-5-3-4-18(24-21)22(27)25-12-15-10-19(26)20(11-16(15)13-25)31-17-8-6-14(7-9-17)23(28)30-2/h3-9,15-16,19-20,26H,10-13H2,1-2H3/t15-,16+,19+,20+/m0/s1. The number of esters is 1. The summed E-state index contributed by atoms with van der Waals surface area (Å²) in [6.45, 7) is 1.20. The van der Waals surface area contributed by atoms with Crippen LogP contribution in [0.4, 0.5) is 0 Å². The maximum atomic E-state index is 12.9. The van der Waals surface area contributed by atoms with E-state index in [1.165, 1.54) is 14.2 Å². The summed E-state index contributed by atoms with van der Waals surface area (Å²) in [7, 11) is 2.85. The van der Waals surface area contributed by atoms with Crippen molar-refractivity contribution in [3.8, 4) is 11.6 Å². The van der Waals surface area contributed by atoms with E-state index < -0.39 is 12.1 Å². The van der Waals surface area contributed by atoms with Crippen LogP contribution in [0.5, 0.6) is 11.6 Å². The Kier molecular flexibility index (Phi) is 6.08. The van der Waals surface area contributed by atoms with Gasteiger partial charge in [0.05, 0.1) is 25.9 Å². The number of carbonyl (C=O) groups excluding carboxylic acids is 2. The summed E-state index contributed by atoms with van der Waals surface area (Å²) >= 11 is 0. The predicted octanol–water partition coefficient (Wildman–Crippen LogP) is 2.17. The lowest BCUT2D eigenvalue weighted by Crippen LogP contribution is -2.42. The van der Waals surface area contributed by atoms with Gasteiger partial charge in [-0.05, 0) is 55.0 Å². The highest BCUT2D eigenvalue weighted by molar-refractivity contribution is 5.92. The van der Waals surface area contributed by atoms with Crippen molar-refractivity contribution in [3.63, 3.8) is 0 Å². The third-order valence-electron chi connectivity index (χ3n) is 6.09. The molecule has 4 atom stereocenters. The van der Waals surface area contributed by atoms with Crippen molar-refractivity contribution in [2.75, 3.05) is 27.3 Å². The second-order valence-corrected chi connectivity index (χ2v) is 8.01. The predicted molar refractivity (Wildman–Crippen MR) is 111 cm³/mol. The molecule has 2 fully saturated rings. The molecule has 0 spiro atoms. The van der Waals surface area contributed by atoms with Crippen LogP contribution < -0.4 is 9.47 Å². The Balaban J connectivity index is 1.39. The van der Waals surface area contributed by atoms with Crippen LogP contribution in [0.15, 0.2) is 42.5 Å². The molecule has 0 bridgehead atoms. The number of nitrogens with zero attached hydrogens (tertiary/aromatic N) is 2. The Morgan fingerprint density at radius 1 is 1.03 bits per heavy atom. The first-order valence-corrected chi connectivity index (χ1v) is 10.3. The number of fused-ring (bicyclic) bond motifs is 1. The summed E-state index contributed by atoms with van der Waals surface area (Å²) in [6.07, 6.45) is 0.242. The molecule has 2 aromatic rings. The molecule has 4 rings (SSSR count). The topological polar surface area (TPSA) is 98.2 Å². The maximum absolute atomic E-state index is 12.9. The third-order valence-corrected chi connectivity index (χ3v) is 6.09. The average Bonchev–Trinajstić information content (AvgIpc) is 3.21. The van der Waals surface area contributed by atoms with E-state index in [9.17, 15) is 14.7 Å². The van der Waals surface area contributed by atoms with E-state index in [0.29, 0.717) is 48.8 Å². The zero-order valence-electron chi connectivity index (χ0n) is 17.6. The lowest BCUT2D eigenvalue weighted by molar-refractivity contribution is -0.0231. The van der Waals surface area contributed by atoms with Crippen LogP contribution >= 0.6 is 0 Å². The molecule has 8 heteroatoms. The van der Waals surface area contributed by atoms with Gasteiger partial charge >= 0.3 is 5.97 Å². The van der Waals surface area contributed by atoms with Gasteiger partial charge in [0.25, 0.3) is 5.91 Å². The minimum atomic E-state index is -0.619. The minimum absolute atomic E-state index is 0.126. The fourth-order valence-electron chi connectivity index (χ4n) is 4.45. The molecule has 1 saturated heterocycles. The fourth-order valence-corrected chi connectivity index (χ4v) is 4.45. The number of ether oxygens (including phenoxy) is 3. The van der Waals surface area contributed by atoms with E-state index in [-0.39, 0.29) is 23.8 Å². The third kappa shape index (κ3) is 4.49. The largest absolute Gasteiger partial charge is 0.488 e. The van der Waals surface area contributed by atoms with Gasteiger partial charge < -0.3 is 24.2 Å². The highest BCUT2D eigenvalue weighted by atomic mass is 16.5. The molecule has 164 valence electrons. The minimum Gasteiger partial charge on any atom is -0.488 e. The van der Waals surface area contributed by atoms with Gasteiger partial charge in [0.15, 0.2) is 0 Å². The lowest BCUT2D eigenvalue weighted by Gasteiger charge is -2.35. The first-order valence-electron chi connectivity index (χ1n) is 10.3. The zero-order chi connectivity index (χ0) is 22.0. The van der Waals surface area contributed by atoms with Gasteiger partial charge in [-0.3, -0.25) is 4.79 Å². The molecule has 8 nitrogen and oxygen atoms in total. The molecular formula is C23H26N2O6. The van der Waals surface area contributed by atoms with Crippen LogP contribution in [0.2, 0.25) is 0 Å². The van der Waals surface area contributed by atoms with E-state index in [0.717, 1.165) is 0 Å². The zero-order valence-corrected chi connectivity index (χ0v) is 17.6. The van der Waals surface area contributed by atoms with E-state index >= 15 is 0 Å². The van der Waals surface area contributed by atoms with Crippen LogP contribution in [0, 0.1) is 11.8 Å². The highest BCUT2D eigenvalue weighted by Gasteiger charge is 2.44. The number of aromatic nitrogens is 1. The van der Waals surface area contributed by atoms with Crippen molar-refractivity contribution >= 4 is 11.9 Å². The quantitative estimate of drug-likeness (QED) is 0.732. The second-order valence-electron chi connectivity index (χ2n) is 8.01. The smallest absolute Gasteiger partial charge is 0.337 e. The first kappa shape index (κ1) is 21.1. The van der Waals surface area contributed by atoms with Crippen LogP contribution in [-0.2, 0) is 4.74 Å². The molecule has 2 aliphatic rings. The van der Waals surface area contributed by atoms with Crippen molar-refractivity contribution in [3.05, 3.63) is 53.7 Å². The molecule has 2 heterocycles. The Morgan fingerprint density at radius 2 is 1.74 bits per heavy atom. The number of likely N-dealkylation sites (tertiary alicyclic amines) is 1. The summed E-state index contributed by atoms with van der Waals surface area (Å²) in [5, 5.41) is 10.6. The van der Waals surface area contributed by atoms with Gasteiger partial charge in [0, 0.05) is 19.2 Å². The van der Waals surface area contributed by atoms with Crippen LogP contribution in [-0.4, -0.2) is 66.4 Å². The van der Waals surface area contributed by atoms with Crippen molar-refractivity contribution in [1.82, 2.24) is 9.88 Å². The summed E-state index contributed by atoms with van der Waals surface area (Å²) in [4.78, 5) is 30.5. The summed E-state index contributed by atoms with van der Waals surface area (Å²) in [6, 6.07) is 11.8. The van der Waals surface area contributed by atoms with E-state index in [1.54, 1.807) is 47.4 Å². The van der Waals surface area contributed by atoms with Crippen molar-refractivity contribution in [2.24, 2.45) is 11.8 Å². The Hall–Kier alpha value is -3.13. The molecular weight excluding hydrogens is 400 g/mol. The molecule has 0 unspecified atom stereocenters. The molecule has 31 heavy (non-hydrogen) atoms. The molecule has 1 saturated carbocycles. The number of hydrogen-bond donors (Lipinski definition) is 1.